The van der Waals surface area contributed by atoms with Crippen molar-refractivity contribution in [3.8, 4) is 5.75 Å². The van der Waals surface area contributed by atoms with Crippen LogP contribution in [0.25, 0.3) is 0 Å². The van der Waals surface area contributed by atoms with Gasteiger partial charge in [-0.1, -0.05) is 92.7 Å². The number of benzene rings is 3. The van der Waals surface area contributed by atoms with Crippen molar-refractivity contribution in [2.75, 3.05) is 7.11 Å². The van der Waals surface area contributed by atoms with Crippen molar-refractivity contribution in [2.45, 2.75) is 39.4 Å². The van der Waals surface area contributed by atoms with E-state index in [1.54, 1.807) is 12.0 Å². The summed E-state index contributed by atoms with van der Waals surface area (Å²) in [5.41, 5.74) is 2.88. The molecule has 0 unspecified atom stereocenters. The number of carbonyl (C=O) groups excluding carboxylic acids is 2. The number of amides is 2. The zero-order chi connectivity index (χ0) is 23.6. The molecule has 1 atom stereocenters. The minimum atomic E-state index is -0.641. The first-order chi connectivity index (χ1) is 16.0. The number of carbonyl (C=O) groups is 2. The third kappa shape index (κ3) is 6.69. The molecule has 0 aliphatic heterocycles. The monoisotopic (exact) mass is 444 g/mol. The van der Waals surface area contributed by atoms with Crippen molar-refractivity contribution < 1.29 is 14.3 Å². The summed E-state index contributed by atoms with van der Waals surface area (Å²) in [7, 11) is 1.61. The standard InChI is InChI=1S/C28H32N2O3/c1-21(2)28(32)30(20-23-14-8-5-9-15-23)25(18-22-12-6-4-7-13-22)27(31)29-19-24-16-10-11-17-26(24)33-3/h4-17,21,25H,18-20H2,1-3H3,(H,29,31)/t25-/m1/s1. The Morgan fingerprint density at radius 2 is 1.42 bits per heavy atom. The minimum Gasteiger partial charge on any atom is -0.496 e. The lowest BCUT2D eigenvalue weighted by Crippen LogP contribution is -2.51. The van der Waals surface area contributed by atoms with Crippen LogP contribution in [0.2, 0.25) is 0 Å². The zero-order valence-corrected chi connectivity index (χ0v) is 19.5. The van der Waals surface area contributed by atoms with Gasteiger partial charge in [-0.2, -0.15) is 0 Å². The van der Waals surface area contributed by atoms with Gasteiger partial charge in [-0.05, 0) is 17.2 Å². The molecule has 33 heavy (non-hydrogen) atoms. The van der Waals surface area contributed by atoms with Crippen molar-refractivity contribution in [3.63, 3.8) is 0 Å². The number of nitrogens with one attached hydrogen (secondary N) is 1. The van der Waals surface area contributed by atoms with E-state index >= 15 is 0 Å². The molecule has 0 aromatic heterocycles. The van der Waals surface area contributed by atoms with Crippen molar-refractivity contribution in [2.24, 2.45) is 5.92 Å². The second-order valence-corrected chi connectivity index (χ2v) is 8.34. The summed E-state index contributed by atoms with van der Waals surface area (Å²) in [5.74, 6) is 0.257. The first-order valence-electron chi connectivity index (χ1n) is 11.3. The summed E-state index contributed by atoms with van der Waals surface area (Å²) in [4.78, 5) is 28.5. The molecular formula is C28H32N2O3. The van der Waals surface area contributed by atoms with Crippen LogP contribution in [0.1, 0.15) is 30.5 Å². The number of rotatable bonds is 10. The third-order valence-electron chi connectivity index (χ3n) is 5.57. The maximum absolute atomic E-state index is 13.5. The van der Waals surface area contributed by atoms with Gasteiger partial charge in [0.05, 0.1) is 7.11 Å². The van der Waals surface area contributed by atoms with Gasteiger partial charge in [0.15, 0.2) is 0 Å². The average Bonchev–Trinajstić information content (AvgIpc) is 2.85. The normalized spacial score (nSPS) is 11.6. The fourth-order valence-corrected chi connectivity index (χ4v) is 3.78. The number of hydrogen-bond donors (Lipinski definition) is 1. The second-order valence-electron chi connectivity index (χ2n) is 8.34. The van der Waals surface area contributed by atoms with Crippen molar-refractivity contribution in [1.82, 2.24) is 10.2 Å². The highest BCUT2D eigenvalue weighted by atomic mass is 16.5. The molecule has 0 spiro atoms. The molecule has 5 nitrogen and oxygen atoms in total. The SMILES string of the molecule is COc1ccccc1CNC(=O)[C@@H](Cc1ccccc1)N(Cc1ccccc1)C(=O)C(C)C. The van der Waals surface area contributed by atoms with Gasteiger partial charge in [0, 0.05) is 31.0 Å². The molecule has 0 radical (unpaired) electrons. The molecule has 0 saturated heterocycles. The Labute approximate surface area is 196 Å². The molecule has 0 heterocycles. The lowest BCUT2D eigenvalue weighted by Gasteiger charge is -2.33. The lowest BCUT2D eigenvalue weighted by molar-refractivity contribution is -0.143. The topological polar surface area (TPSA) is 58.6 Å². The van der Waals surface area contributed by atoms with E-state index < -0.39 is 6.04 Å². The van der Waals surface area contributed by atoms with Gasteiger partial charge in [-0.25, -0.2) is 0 Å². The van der Waals surface area contributed by atoms with Crippen LogP contribution in [0.4, 0.5) is 0 Å². The van der Waals surface area contributed by atoms with E-state index in [9.17, 15) is 9.59 Å². The molecule has 172 valence electrons. The number of hydrogen-bond acceptors (Lipinski definition) is 3. The summed E-state index contributed by atoms with van der Waals surface area (Å²) in [6.45, 7) is 4.43. The van der Waals surface area contributed by atoms with Crippen LogP contribution in [0.3, 0.4) is 0 Å². The average molecular weight is 445 g/mol. The molecule has 0 bridgehead atoms. The van der Waals surface area contributed by atoms with Crippen LogP contribution >= 0.6 is 0 Å². The molecule has 2 amide bonds. The van der Waals surface area contributed by atoms with Crippen LogP contribution in [-0.4, -0.2) is 29.9 Å². The molecule has 0 saturated carbocycles. The predicted octanol–water partition coefficient (Wildman–Crippen LogP) is 4.61. The van der Waals surface area contributed by atoms with Crippen molar-refractivity contribution in [1.29, 1.82) is 0 Å². The molecule has 1 N–H and O–H groups in total. The van der Waals surface area contributed by atoms with Gasteiger partial charge in [-0.3, -0.25) is 9.59 Å². The highest BCUT2D eigenvalue weighted by Crippen LogP contribution is 2.19. The fraction of sp³-hybridized carbons (Fsp3) is 0.286. The zero-order valence-electron chi connectivity index (χ0n) is 19.5. The Morgan fingerprint density at radius 1 is 0.848 bits per heavy atom. The van der Waals surface area contributed by atoms with E-state index in [4.69, 9.17) is 4.74 Å². The van der Waals surface area contributed by atoms with E-state index in [-0.39, 0.29) is 17.7 Å². The second kappa shape index (κ2) is 11.9. The number of para-hydroxylation sites is 1. The lowest BCUT2D eigenvalue weighted by atomic mass is 10.0. The first kappa shape index (κ1) is 24.1. The molecule has 3 aromatic rings. The van der Waals surface area contributed by atoms with E-state index in [0.717, 1.165) is 22.4 Å². The number of ether oxygens (including phenoxy) is 1. The van der Waals surface area contributed by atoms with Crippen LogP contribution < -0.4 is 10.1 Å². The van der Waals surface area contributed by atoms with Gasteiger partial charge in [-0.15, -0.1) is 0 Å². The van der Waals surface area contributed by atoms with Crippen LogP contribution in [-0.2, 0) is 29.1 Å². The van der Waals surface area contributed by atoms with E-state index in [2.05, 4.69) is 5.32 Å². The van der Waals surface area contributed by atoms with Crippen molar-refractivity contribution in [3.05, 3.63) is 102 Å². The number of nitrogens with zero attached hydrogens (tertiary/aromatic N) is 1. The molecular weight excluding hydrogens is 412 g/mol. The number of methoxy groups -OCH3 is 1. The van der Waals surface area contributed by atoms with E-state index in [1.807, 2.05) is 98.8 Å². The van der Waals surface area contributed by atoms with E-state index in [0.29, 0.717) is 19.5 Å². The summed E-state index contributed by atoms with van der Waals surface area (Å²) in [5, 5.41) is 3.04. The van der Waals surface area contributed by atoms with Gasteiger partial charge in [0.2, 0.25) is 11.8 Å². The Hall–Kier alpha value is -3.60. The molecule has 3 aromatic carbocycles. The summed E-state index contributed by atoms with van der Waals surface area (Å²) < 4.78 is 5.41. The smallest absolute Gasteiger partial charge is 0.243 e. The summed E-state index contributed by atoms with van der Waals surface area (Å²) in [6, 6.07) is 26.6. The Kier molecular flexibility index (Phi) is 8.64. The Morgan fingerprint density at radius 3 is 2.03 bits per heavy atom. The van der Waals surface area contributed by atoms with Gasteiger partial charge in [0.25, 0.3) is 0 Å². The summed E-state index contributed by atoms with van der Waals surface area (Å²) >= 11 is 0. The van der Waals surface area contributed by atoms with Gasteiger partial charge in [0.1, 0.15) is 11.8 Å². The van der Waals surface area contributed by atoms with Gasteiger partial charge < -0.3 is 15.0 Å². The highest BCUT2D eigenvalue weighted by molar-refractivity contribution is 5.88. The maximum atomic E-state index is 13.5. The minimum absolute atomic E-state index is 0.0489. The molecule has 0 fully saturated rings. The molecule has 5 heteroatoms. The molecule has 3 rings (SSSR count). The maximum Gasteiger partial charge on any atom is 0.243 e. The Balaban J connectivity index is 1.89. The summed E-state index contributed by atoms with van der Waals surface area (Å²) in [6.07, 6.45) is 0.434. The van der Waals surface area contributed by atoms with Crippen LogP contribution in [0.5, 0.6) is 5.75 Å². The van der Waals surface area contributed by atoms with Gasteiger partial charge >= 0.3 is 0 Å². The quantitative estimate of drug-likeness (QED) is 0.497. The third-order valence-corrected chi connectivity index (χ3v) is 5.57. The fourth-order valence-electron chi connectivity index (χ4n) is 3.78. The van der Waals surface area contributed by atoms with Crippen LogP contribution in [0.15, 0.2) is 84.9 Å². The Bertz CT molecular complexity index is 1040. The first-order valence-corrected chi connectivity index (χ1v) is 11.3. The molecule has 0 aliphatic carbocycles. The largest absolute Gasteiger partial charge is 0.496 e. The van der Waals surface area contributed by atoms with Crippen LogP contribution in [0, 0.1) is 5.92 Å². The van der Waals surface area contributed by atoms with Crippen molar-refractivity contribution >= 4 is 11.8 Å². The predicted molar refractivity (Wildman–Crippen MR) is 131 cm³/mol. The van der Waals surface area contributed by atoms with E-state index in [1.165, 1.54) is 0 Å². The molecule has 0 aliphatic rings. The highest BCUT2D eigenvalue weighted by Gasteiger charge is 2.31.